The molecule has 9 rings (SSSR count). The summed E-state index contributed by atoms with van der Waals surface area (Å²) in [6.45, 7) is 4.83. The largest absolute Gasteiger partial charge is 0.490 e. The monoisotopic (exact) mass is 874 g/mol. The van der Waals surface area contributed by atoms with Crippen LogP contribution in [0.15, 0.2) is 73.1 Å². The molecule has 4 aliphatic rings. The number of halogens is 3. The molecule has 0 spiro atoms. The predicted molar refractivity (Wildman–Crippen MR) is 238 cm³/mol. The van der Waals surface area contributed by atoms with Crippen molar-refractivity contribution >= 4 is 52.0 Å². The van der Waals surface area contributed by atoms with Gasteiger partial charge in [-0.15, -0.1) is 10.2 Å². The third-order valence-corrected chi connectivity index (χ3v) is 13.0. The summed E-state index contributed by atoms with van der Waals surface area (Å²) in [5, 5.41) is 32.4. The Morgan fingerprint density at radius 3 is 2.59 bits per heavy atom. The number of carbonyl (C=O) groups excluding carboxylic acids is 2. The Morgan fingerprint density at radius 2 is 1.84 bits per heavy atom. The molecule has 5 aromatic rings. The van der Waals surface area contributed by atoms with Crippen LogP contribution in [0.4, 0.5) is 37.3 Å². The smallest absolute Gasteiger partial charge is 0.272 e. The molecule has 3 aromatic carbocycles. The van der Waals surface area contributed by atoms with Crippen LogP contribution in [0.25, 0.3) is 11.1 Å². The number of anilines is 5. The van der Waals surface area contributed by atoms with E-state index >= 15 is 0 Å². The van der Waals surface area contributed by atoms with Gasteiger partial charge in [0.15, 0.2) is 11.5 Å². The highest BCUT2D eigenvalue weighted by atomic mass is 35.5. The van der Waals surface area contributed by atoms with Gasteiger partial charge in [-0.3, -0.25) is 14.3 Å². The Hall–Kier alpha value is -6.27. The van der Waals surface area contributed by atoms with E-state index < -0.39 is 6.43 Å². The fourth-order valence-electron chi connectivity index (χ4n) is 9.39. The molecule has 2 fully saturated rings. The molecule has 1 saturated heterocycles. The first-order chi connectivity index (χ1) is 30.6. The van der Waals surface area contributed by atoms with Gasteiger partial charge in [-0.2, -0.15) is 10.4 Å². The molecule has 16 heteroatoms. The molecular weight excluding hydrogens is 826 g/mol. The molecular formula is C47H49ClF2N10O3. The summed E-state index contributed by atoms with van der Waals surface area (Å²) in [6, 6.07) is 19.9. The van der Waals surface area contributed by atoms with Gasteiger partial charge < -0.3 is 30.5 Å². The molecule has 13 nitrogen and oxygen atoms in total. The summed E-state index contributed by atoms with van der Waals surface area (Å²) >= 11 is 6.16. The second kappa shape index (κ2) is 18.2. The number of amides is 2. The first-order valence-electron chi connectivity index (χ1n) is 21.8. The highest BCUT2D eigenvalue weighted by Crippen LogP contribution is 2.45. The Balaban J connectivity index is 0.785. The Kier molecular flexibility index (Phi) is 12.2. The molecule has 3 aliphatic heterocycles. The molecule has 1 saturated carbocycles. The van der Waals surface area contributed by atoms with E-state index in [-0.39, 0.29) is 41.3 Å². The summed E-state index contributed by atoms with van der Waals surface area (Å²) in [4.78, 5) is 29.8. The number of aryl methyl sites for hydroxylation is 1. The number of rotatable bonds is 10. The van der Waals surface area contributed by atoms with E-state index in [0.29, 0.717) is 58.6 Å². The lowest BCUT2D eigenvalue weighted by atomic mass is 9.92. The standard InChI is InChI=1S/C47H49ClF2N10O3/c1-28-20-44(61)55-39-5-2-6-41(45(39)53-28)60-17-3-4-30-21-36(37(46(49)50)23-42(30)60)32-25-52-59(27-32)26-29-15-18-58(19-16-29)43-14-13-40(56-57-43)47(62)54-33-8-11-34(12-9-33)63-35-10-7-31(24-51)38(48)22-35/h2,5-7,10,13-14,21-23,25,27-29,33-34,46,53H,3-4,8-9,11-12,15-20,26H2,1H3,(H,54,62)(H,55,61)/t28-,33?,34?/m1/s1. The lowest BCUT2D eigenvalue weighted by Gasteiger charge is -2.34. The van der Waals surface area contributed by atoms with Gasteiger partial charge in [0.25, 0.3) is 12.3 Å². The van der Waals surface area contributed by atoms with Crippen molar-refractivity contribution in [1.82, 2.24) is 25.3 Å². The second-order valence-corrected chi connectivity index (χ2v) is 17.5. The zero-order valence-corrected chi connectivity index (χ0v) is 35.8. The maximum atomic E-state index is 14.9. The Morgan fingerprint density at radius 1 is 1.02 bits per heavy atom. The normalized spacial score (nSPS) is 20.2. The van der Waals surface area contributed by atoms with Gasteiger partial charge >= 0.3 is 0 Å². The number of hydrogen-bond acceptors (Lipinski definition) is 10. The summed E-state index contributed by atoms with van der Waals surface area (Å²) in [5.41, 5.74) is 5.92. The molecule has 0 radical (unpaired) electrons. The number of fused-ring (bicyclic) bond motifs is 2. The fraction of sp³-hybridized carbons (Fsp3) is 0.404. The third-order valence-electron chi connectivity index (χ3n) is 12.7. The van der Waals surface area contributed by atoms with Crippen LogP contribution in [0.3, 0.4) is 0 Å². The van der Waals surface area contributed by atoms with Crippen molar-refractivity contribution < 1.29 is 23.1 Å². The third kappa shape index (κ3) is 9.27. The quantitative estimate of drug-likeness (QED) is 0.124. The SMILES string of the molecule is C[C@@H]1CC(=O)Nc2cccc(N3CCCc4cc(-c5cnn(CC6CCN(c7ccc(C(=O)NC8CCC(Oc9ccc(C#N)c(Cl)c9)CC8)nn7)CC6)c5)c(C(F)F)cc43)c2N1. The molecule has 1 aliphatic carbocycles. The number of nitrogens with zero attached hydrogens (tertiary/aromatic N) is 7. The van der Waals surface area contributed by atoms with Crippen LogP contribution >= 0.6 is 11.6 Å². The Labute approximate surface area is 369 Å². The zero-order valence-electron chi connectivity index (χ0n) is 35.0. The molecule has 5 heterocycles. The van der Waals surface area contributed by atoms with Crippen molar-refractivity contribution in [2.24, 2.45) is 5.92 Å². The first kappa shape index (κ1) is 42.1. The van der Waals surface area contributed by atoms with E-state index in [2.05, 4.69) is 47.1 Å². The van der Waals surface area contributed by atoms with E-state index in [1.807, 2.05) is 48.1 Å². The first-order valence-corrected chi connectivity index (χ1v) is 22.2. The average molecular weight is 875 g/mol. The number of aromatic nitrogens is 4. The number of nitriles is 1. The van der Waals surface area contributed by atoms with Crippen molar-refractivity contribution in [3.63, 3.8) is 0 Å². The number of para-hydroxylation sites is 1. The summed E-state index contributed by atoms with van der Waals surface area (Å²) in [7, 11) is 0. The maximum absolute atomic E-state index is 14.9. The van der Waals surface area contributed by atoms with E-state index in [1.54, 1.807) is 36.5 Å². The van der Waals surface area contributed by atoms with Crippen molar-refractivity contribution in [3.8, 4) is 22.9 Å². The minimum atomic E-state index is -2.69. The van der Waals surface area contributed by atoms with Crippen LogP contribution < -0.4 is 30.5 Å². The molecule has 2 amide bonds. The van der Waals surface area contributed by atoms with Gasteiger partial charge in [0.1, 0.15) is 11.8 Å². The minimum Gasteiger partial charge on any atom is -0.490 e. The molecule has 3 N–H and O–H groups in total. The number of piperidine rings is 1. The highest BCUT2D eigenvalue weighted by Gasteiger charge is 2.30. The zero-order chi connectivity index (χ0) is 43.6. The lowest BCUT2D eigenvalue weighted by Crippen LogP contribution is -2.40. The lowest BCUT2D eigenvalue weighted by molar-refractivity contribution is -0.116. The summed E-state index contributed by atoms with van der Waals surface area (Å²) in [5.74, 6) is 1.37. The van der Waals surface area contributed by atoms with Crippen LogP contribution in [0.5, 0.6) is 5.75 Å². The van der Waals surface area contributed by atoms with Crippen molar-refractivity contribution in [3.05, 3.63) is 100 Å². The number of nitrogens with one attached hydrogen (secondary N) is 3. The van der Waals surface area contributed by atoms with Crippen molar-refractivity contribution in [2.45, 2.75) is 95.9 Å². The molecule has 1 atom stereocenters. The molecule has 0 bridgehead atoms. The number of benzene rings is 3. The number of ether oxygens (including phenoxy) is 1. The molecule has 326 valence electrons. The second-order valence-electron chi connectivity index (χ2n) is 17.1. The van der Waals surface area contributed by atoms with Crippen LogP contribution in [0.1, 0.15) is 91.9 Å². The van der Waals surface area contributed by atoms with Crippen LogP contribution in [-0.4, -0.2) is 69.6 Å². The Bertz CT molecular complexity index is 2530. The summed E-state index contributed by atoms with van der Waals surface area (Å²) in [6.07, 6.45) is 7.72. The van der Waals surface area contributed by atoms with E-state index in [9.17, 15) is 18.4 Å². The molecule has 2 aromatic heterocycles. The fourth-order valence-corrected chi connectivity index (χ4v) is 9.60. The van der Waals surface area contributed by atoms with Crippen LogP contribution in [0.2, 0.25) is 5.02 Å². The van der Waals surface area contributed by atoms with Crippen molar-refractivity contribution in [2.75, 3.05) is 40.1 Å². The van der Waals surface area contributed by atoms with Gasteiger partial charge in [0.05, 0.1) is 39.9 Å². The summed E-state index contributed by atoms with van der Waals surface area (Å²) < 4.78 is 37.7. The van der Waals surface area contributed by atoms with Gasteiger partial charge in [0, 0.05) is 73.8 Å². The highest BCUT2D eigenvalue weighted by molar-refractivity contribution is 6.31. The number of alkyl halides is 2. The van der Waals surface area contributed by atoms with Crippen LogP contribution in [-0.2, 0) is 17.8 Å². The van der Waals surface area contributed by atoms with Gasteiger partial charge in [-0.05, 0) is 124 Å². The predicted octanol–water partition coefficient (Wildman–Crippen LogP) is 9.07. The molecule has 0 unspecified atom stereocenters. The van der Waals surface area contributed by atoms with Gasteiger partial charge in [-0.25, -0.2) is 8.78 Å². The van der Waals surface area contributed by atoms with E-state index in [1.165, 1.54) is 0 Å². The number of hydrogen-bond donors (Lipinski definition) is 3. The van der Waals surface area contributed by atoms with E-state index in [0.717, 1.165) is 92.9 Å². The molecule has 63 heavy (non-hydrogen) atoms. The average Bonchev–Trinajstić information content (AvgIpc) is 3.69. The maximum Gasteiger partial charge on any atom is 0.272 e. The topological polar surface area (TPSA) is 153 Å². The van der Waals surface area contributed by atoms with Gasteiger partial charge in [0.2, 0.25) is 5.91 Å². The van der Waals surface area contributed by atoms with Crippen molar-refractivity contribution in [1.29, 1.82) is 5.26 Å². The number of carbonyl (C=O) groups is 2. The van der Waals surface area contributed by atoms with Gasteiger partial charge in [-0.1, -0.05) is 17.7 Å². The minimum absolute atomic E-state index is 0.00424. The van der Waals surface area contributed by atoms with E-state index in [4.69, 9.17) is 21.6 Å². The van der Waals surface area contributed by atoms with Crippen LogP contribution in [0, 0.1) is 17.2 Å².